The molecule has 0 aliphatic heterocycles. The van der Waals surface area contributed by atoms with Gasteiger partial charge in [-0.25, -0.2) is 9.18 Å². The molecule has 0 aromatic rings. The van der Waals surface area contributed by atoms with Gasteiger partial charge in [-0.05, 0) is 0 Å². The molecule has 10 heavy (non-hydrogen) atoms. The summed E-state index contributed by atoms with van der Waals surface area (Å²) < 4.78 is 45.0. The number of carboxylic acids is 1. The fourth-order valence-electron chi connectivity index (χ4n) is 0.230. The van der Waals surface area contributed by atoms with Crippen LogP contribution in [0.15, 0.2) is 11.9 Å². The van der Waals surface area contributed by atoms with Gasteiger partial charge in [0, 0.05) is 0 Å². The van der Waals surface area contributed by atoms with Crippen LogP contribution in [0.2, 0.25) is 0 Å². The molecule has 0 bridgehead atoms. The molecule has 0 saturated heterocycles. The molecule has 0 unspecified atom stereocenters. The van der Waals surface area contributed by atoms with Crippen LogP contribution in [0.3, 0.4) is 0 Å². The van der Waals surface area contributed by atoms with E-state index in [9.17, 15) is 22.4 Å². The zero-order valence-corrected chi connectivity index (χ0v) is 4.44. The van der Waals surface area contributed by atoms with Gasteiger partial charge in [-0.15, -0.1) is 0 Å². The summed E-state index contributed by atoms with van der Waals surface area (Å²) in [5, 5.41) is 7.68. The summed E-state index contributed by atoms with van der Waals surface area (Å²) in [6.07, 6.45) is -6.11. The molecule has 0 heterocycles. The minimum atomic E-state index is -5.12. The molecule has 0 spiro atoms. The summed E-state index contributed by atoms with van der Waals surface area (Å²) in [6.45, 7) is 0. The Bertz CT molecular complexity index is 169. The highest BCUT2D eigenvalue weighted by molar-refractivity contribution is 5.87. The first-order valence-electron chi connectivity index (χ1n) is 2.00. The van der Waals surface area contributed by atoms with Crippen molar-refractivity contribution in [2.75, 3.05) is 0 Å². The Morgan fingerprint density at radius 1 is 1.40 bits per heavy atom. The number of hydrogen-bond acceptors (Lipinski definition) is 1. The second kappa shape index (κ2) is 2.68. The maximum absolute atomic E-state index is 11.3. The predicted octanol–water partition coefficient (Wildman–Crippen LogP) is 1.49. The predicted molar refractivity (Wildman–Crippen MR) is 22.9 cm³/mol. The third-order valence-electron chi connectivity index (χ3n) is 0.645. The molecule has 0 aromatic carbocycles. The Morgan fingerprint density at radius 2 is 1.80 bits per heavy atom. The molecule has 0 rings (SSSR count). The molecule has 2 nitrogen and oxygen atoms in total. The van der Waals surface area contributed by atoms with Gasteiger partial charge >= 0.3 is 12.1 Å². The highest BCUT2D eigenvalue weighted by Gasteiger charge is 2.39. The van der Waals surface area contributed by atoms with E-state index in [2.05, 4.69) is 0 Å². The second-order valence-corrected chi connectivity index (χ2v) is 1.33. The Balaban J connectivity index is 4.56. The van der Waals surface area contributed by atoms with Gasteiger partial charge in [-0.3, -0.25) is 0 Å². The van der Waals surface area contributed by atoms with Crippen molar-refractivity contribution in [1.29, 1.82) is 0 Å². The summed E-state index contributed by atoms with van der Waals surface area (Å²) in [4.78, 5) is 9.55. The normalized spacial score (nSPS) is 13.4. The summed E-state index contributed by atoms with van der Waals surface area (Å²) >= 11 is 0. The molecule has 0 amide bonds. The average Bonchev–Trinajstić information content (AvgIpc) is 1.60. The van der Waals surface area contributed by atoms with Crippen LogP contribution in [0.4, 0.5) is 17.6 Å². The number of carbonyl (C=O) groups is 1. The summed E-state index contributed by atoms with van der Waals surface area (Å²) in [7, 11) is 0. The van der Waals surface area contributed by atoms with Gasteiger partial charge in [-0.1, -0.05) is 0 Å². The van der Waals surface area contributed by atoms with Crippen molar-refractivity contribution in [1.82, 2.24) is 0 Å². The Labute approximate surface area is 52.8 Å². The molecule has 0 saturated carbocycles. The van der Waals surface area contributed by atoms with E-state index in [1.54, 1.807) is 0 Å². The van der Waals surface area contributed by atoms with Gasteiger partial charge in [0.2, 0.25) is 0 Å². The largest absolute Gasteiger partial charge is 0.478 e. The van der Waals surface area contributed by atoms with Gasteiger partial charge < -0.3 is 5.11 Å². The quantitative estimate of drug-likeness (QED) is 0.463. The zero-order chi connectivity index (χ0) is 8.36. The number of carboxylic acid groups (broad SMARTS) is 1. The smallest absolute Gasteiger partial charge is 0.425 e. The maximum Gasteiger partial charge on any atom is 0.425 e. The molecular weight excluding hydrogens is 156 g/mol. The monoisotopic (exact) mass is 158 g/mol. The van der Waals surface area contributed by atoms with Crippen molar-refractivity contribution in [3.05, 3.63) is 11.9 Å². The molecule has 0 fully saturated rings. The van der Waals surface area contributed by atoms with E-state index in [-0.39, 0.29) is 0 Å². The first-order valence-corrected chi connectivity index (χ1v) is 2.00. The van der Waals surface area contributed by atoms with E-state index in [1.807, 2.05) is 0 Å². The molecule has 1 N–H and O–H groups in total. The van der Waals surface area contributed by atoms with Gasteiger partial charge in [0.25, 0.3) is 0 Å². The highest BCUT2D eigenvalue weighted by Crippen LogP contribution is 2.25. The second-order valence-electron chi connectivity index (χ2n) is 1.33. The zero-order valence-electron chi connectivity index (χ0n) is 4.44. The lowest BCUT2D eigenvalue weighted by Gasteiger charge is -2.03. The third-order valence-corrected chi connectivity index (χ3v) is 0.645. The van der Waals surface area contributed by atoms with Gasteiger partial charge in [0.15, 0.2) is 5.57 Å². The number of halogens is 4. The summed E-state index contributed by atoms with van der Waals surface area (Å²) in [5.41, 5.74) is -2.20. The number of alkyl halides is 3. The first kappa shape index (κ1) is 8.93. The van der Waals surface area contributed by atoms with Crippen molar-refractivity contribution >= 4 is 5.97 Å². The van der Waals surface area contributed by atoms with Crippen LogP contribution >= 0.6 is 0 Å². The van der Waals surface area contributed by atoms with E-state index < -0.39 is 24.0 Å². The number of aliphatic carboxylic acids is 1. The van der Waals surface area contributed by atoms with Crippen molar-refractivity contribution in [3.8, 4) is 0 Å². The lowest BCUT2D eigenvalue weighted by atomic mass is 10.3. The van der Waals surface area contributed by atoms with Crippen molar-refractivity contribution < 1.29 is 27.5 Å². The number of rotatable bonds is 1. The van der Waals surface area contributed by atoms with Gasteiger partial charge in [0.05, 0.1) is 0 Å². The van der Waals surface area contributed by atoms with E-state index in [0.717, 1.165) is 0 Å². The van der Waals surface area contributed by atoms with E-state index in [0.29, 0.717) is 0 Å². The van der Waals surface area contributed by atoms with Crippen LogP contribution in [0.5, 0.6) is 0 Å². The summed E-state index contributed by atoms with van der Waals surface area (Å²) in [5.74, 6) is -2.32. The fourth-order valence-corrected chi connectivity index (χ4v) is 0.230. The molecule has 58 valence electrons. The summed E-state index contributed by atoms with van der Waals surface area (Å²) in [6, 6.07) is 0. The Hall–Kier alpha value is -1.07. The van der Waals surface area contributed by atoms with Gasteiger partial charge in [0.1, 0.15) is 6.33 Å². The first-order chi connectivity index (χ1) is 4.39. The van der Waals surface area contributed by atoms with E-state index in [4.69, 9.17) is 5.11 Å². The molecule has 6 heteroatoms. The van der Waals surface area contributed by atoms with Crippen molar-refractivity contribution in [3.63, 3.8) is 0 Å². The van der Waals surface area contributed by atoms with Crippen LogP contribution in [0.1, 0.15) is 0 Å². The molecule has 0 aromatic heterocycles. The van der Waals surface area contributed by atoms with Crippen LogP contribution in [0, 0.1) is 0 Å². The van der Waals surface area contributed by atoms with Crippen LogP contribution in [-0.2, 0) is 4.79 Å². The minimum Gasteiger partial charge on any atom is -0.478 e. The third kappa shape index (κ3) is 2.04. The molecular formula is C4H2F4O2. The van der Waals surface area contributed by atoms with Crippen LogP contribution < -0.4 is 0 Å². The SMILES string of the molecule is O=C(O)C(=CF)C(F)(F)F. The van der Waals surface area contributed by atoms with Gasteiger partial charge in [-0.2, -0.15) is 13.2 Å². The molecule has 0 aliphatic rings. The van der Waals surface area contributed by atoms with Crippen molar-refractivity contribution in [2.24, 2.45) is 0 Å². The fraction of sp³-hybridized carbons (Fsp3) is 0.250. The topological polar surface area (TPSA) is 37.3 Å². The minimum absolute atomic E-state index is 0.984. The Morgan fingerprint density at radius 3 is 1.80 bits per heavy atom. The lowest BCUT2D eigenvalue weighted by Crippen LogP contribution is -2.18. The van der Waals surface area contributed by atoms with Crippen LogP contribution in [-0.4, -0.2) is 17.3 Å². The highest BCUT2D eigenvalue weighted by atomic mass is 19.4. The molecule has 0 atom stereocenters. The average molecular weight is 158 g/mol. The standard InChI is InChI=1S/C4H2F4O2/c5-1-2(3(9)10)4(6,7)8/h1H,(H,9,10). The Kier molecular flexibility index (Phi) is 2.39. The maximum atomic E-state index is 11.3. The lowest BCUT2D eigenvalue weighted by molar-refractivity contribution is -0.145. The number of hydrogen-bond donors (Lipinski definition) is 1. The van der Waals surface area contributed by atoms with Crippen molar-refractivity contribution in [2.45, 2.75) is 6.18 Å². The van der Waals surface area contributed by atoms with Crippen LogP contribution in [0.25, 0.3) is 0 Å². The molecule has 0 radical (unpaired) electrons. The van der Waals surface area contributed by atoms with E-state index in [1.165, 1.54) is 0 Å². The molecule has 0 aliphatic carbocycles. The van der Waals surface area contributed by atoms with E-state index >= 15 is 0 Å².